The average molecular weight is 215 g/mol. The van der Waals surface area contributed by atoms with Gasteiger partial charge in [-0.1, -0.05) is 0 Å². The Bertz CT molecular complexity index is 266. The topological polar surface area (TPSA) is 38.7 Å². The van der Waals surface area contributed by atoms with Crippen molar-refractivity contribution in [2.45, 2.75) is 44.5 Å². The van der Waals surface area contributed by atoms with Crippen LogP contribution < -0.4 is 0 Å². The minimum Gasteiger partial charge on any atom is -0.493 e. The van der Waals surface area contributed by atoms with Gasteiger partial charge in [0.15, 0.2) is 0 Å². The fraction of sp³-hybridized carbons (Fsp3) is 0.700. The monoisotopic (exact) mass is 215 g/mol. The maximum absolute atomic E-state index is 11.5. The van der Waals surface area contributed by atoms with Gasteiger partial charge in [0, 0.05) is 0 Å². The predicted octanol–water partition coefficient (Wildman–Crippen LogP) is 2.21. The third-order valence-electron chi connectivity index (χ3n) is 1.81. The Kier molecular flexibility index (Phi) is 3.86. The fourth-order valence-electron chi connectivity index (χ4n) is 0.944. The lowest BCUT2D eigenvalue weighted by atomic mass is 10.2. The van der Waals surface area contributed by atoms with E-state index in [0.717, 1.165) is 12.8 Å². The van der Waals surface area contributed by atoms with E-state index in [4.69, 9.17) is 4.74 Å². The quantitative estimate of drug-likeness (QED) is 0.662. The summed E-state index contributed by atoms with van der Waals surface area (Å²) in [5.41, 5.74) is 0. The first-order chi connectivity index (χ1) is 6.50. The van der Waals surface area contributed by atoms with Gasteiger partial charge in [0.05, 0.1) is 17.2 Å². The summed E-state index contributed by atoms with van der Waals surface area (Å²) in [7, 11) is -1.17. The molecule has 0 amide bonds. The molecule has 0 saturated carbocycles. The highest BCUT2D eigenvalue weighted by molar-refractivity contribution is 7.85. The highest BCUT2D eigenvalue weighted by Crippen LogP contribution is 2.13. The predicted molar refractivity (Wildman–Crippen MR) is 59.6 cm³/mol. The number of allylic oxidation sites excluding steroid dienone is 1. The van der Waals surface area contributed by atoms with E-state index in [0.29, 0.717) is 0 Å². The number of hydrogen-bond acceptors (Lipinski definition) is 2. The Hall–Kier alpha value is -0.640. The van der Waals surface area contributed by atoms with Gasteiger partial charge in [0.1, 0.15) is 17.1 Å². The van der Waals surface area contributed by atoms with E-state index < -0.39 is 11.0 Å². The molecule has 80 valence electrons. The highest BCUT2D eigenvalue weighted by Gasteiger charge is 2.19. The Morgan fingerprint density at radius 2 is 2.29 bits per heavy atom. The van der Waals surface area contributed by atoms with Crippen LogP contribution >= 0.6 is 0 Å². The summed E-state index contributed by atoms with van der Waals surface area (Å²) >= 11 is 0. The summed E-state index contributed by atoms with van der Waals surface area (Å²) in [5, 5.41) is 0. The molecule has 0 aromatic carbocycles. The van der Waals surface area contributed by atoms with Gasteiger partial charge >= 0.3 is 0 Å². The molecule has 1 aliphatic rings. The number of nitrogens with zero attached hydrogens (tertiary/aromatic N) is 1. The molecular formula is C10H17NO2S. The molecule has 3 nitrogen and oxygen atoms in total. The van der Waals surface area contributed by atoms with Gasteiger partial charge in [0.25, 0.3) is 0 Å². The first kappa shape index (κ1) is 11.4. The second-order valence-corrected chi connectivity index (χ2v) is 6.17. The largest absolute Gasteiger partial charge is 0.493 e. The van der Waals surface area contributed by atoms with Crippen LogP contribution in [0.3, 0.4) is 0 Å². The van der Waals surface area contributed by atoms with E-state index in [2.05, 4.69) is 4.40 Å². The summed E-state index contributed by atoms with van der Waals surface area (Å²) in [6.07, 6.45) is 7.22. The van der Waals surface area contributed by atoms with Crippen LogP contribution in [0.25, 0.3) is 0 Å². The van der Waals surface area contributed by atoms with Gasteiger partial charge in [-0.2, -0.15) is 4.40 Å². The molecule has 0 N–H and O–H groups in total. The minimum absolute atomic E-state index is 0.00806. The molecule has 4 heteroatoms. The summed E-state index contributed by atoms with van der Waals surface area (Å²) in [6.45, 7) is 5.71. The zero-order chi connectivity index (χ0) is 10.6. The Morgan fingerprint density at radius 3 is 2.79 bits per heavy atom. The summed E-state index contributed by atoms with van der Waals surface area (Å²) < 4.78 is 20.5. The number of hydrogen-bond donors (Lipinski definition) is 0. The first-order valence-corrected chi connectivity index (χ1v) is 5.87. The Labute approximate surface area is 87.8 Å². The first-order valence-electron chi connectivity index (χ1n) is 4.77. The molecule has 0 aliphatic carbocycles. The minimum atomic E-state index is -1.17. The second-order valence-electron chi connectivity index (χ2n) is 4.24. The van der Waals surface area contributed by atoms with Crippen LogP contribution in [0.15, 0.2) is 16.7 Å². The Morgan fingerprint density at radius 1 is 1.57 bits per heavy atom. The lowest BCUT2D eigenvalue weighted by molar-refractivity contribution is 0.185. The lowest BCUT2D eigenvalue weighted by Gasteiger charge is -2.16. The van der Waals surface area contributed by atoms with E-state index in [1.165, 1.54) is 0 Å². The third kappa shape index (κ3) is 3.62. The van der Waals surface area contributed by atoms with E-state index >= 15 is 0 Å². The van der Waals surface area contributed by atoms with E-state index in [1.54, 1.807) is 12.5 Å². The van der Waals surface area contributed by atoms with Crippen molar-refractivity contribution in [3.05, 3.63) is 12.3 Å². The maximum atomic E-state index is 11.5. The average Bonchev–Trinajstić information content (AvgIpc) is 2.14. The summed E-state index contributed by atoms with van der Waals surface area (Å²) in [5.74, 6) is 0. The Balaban J connectivity index is 2.47. The zero-order valence-corrected chi connectivity index (χ0v) is 9.71. The van der Waals surface area contributed by atoms with E-state index in [1.807, 2.05) is 26.8 Å². The summed E-state index contributed by atoms with van der Waals surface area (Å²) in [4.78, 5) is 0. The van der Waals surface area contributed by atoms with Crippen LogP contribution in [0, 0.1) is 0 Å². The second kappa shape index (κ2) is 4.73. The van der Waals surface area contributed by atoms with Gasteiger partial charge in [-0.05, 0) is 39.7 Å². The molecule has 0 saturated heterocycles. The highest BCUT2D eigenvalue weighted by atomic mass is 32.2. The molecule has 0 fully saturated rings. The molecule has 0 radical (unpaired) electrons. The molecule has 0 unspecified atom stereocenters. The smallest absolute Gasteiger partial charge is 0.144 e. The van der Waals surface area contributed by atoms with Gasteiger partial charge in [-0.3, -0.25) is 0 Å². The molecule has 14 heavy (non-hydrogen) atoms. The van der Waals surface area contributed by atoms with E-state index in [-0.39, 0.29) is 10.9 Å². The maximum Gasteiger partial charge on any atom is 0.144 e. The van der Waals surface area contributed by atoms with Gasteiger partial charge < -0.3 is 4.74 Å². The molecule has 1 rings (SSSR count). The molecule has 2 atom stereocenters. The normalized spacial score (nSPS) is 24.9. The molecule has 0 bridgehead atoms. The molecule has 1 aliphatic heterocycles. The van der Waals surface area contributed by atoms with Crippen molar-refractivity contribution in [1.29, 1.82) is 0 Å². The van der Waals surface area contributed by atoms with Crippen molar-refractivity contribution in [3.8, 4) is 0 Å². The van der Waals surface area contributed by atoms with Crippen molar-refractivity contribution in [3.63, 3.8) is 0 Å². The van der Waals surface area contributed by atoms with Gasteiger partial charge in [0.2, 0.25) is 0 Å². The number of ether oxygens (including phenoxy) is 1. The van der Waals surface area contributed by atoms with Crippen LogP contribution in [0.5, 0.6) is 0 Å². The van der Waals surface area contributed by atoms with Crippen LogP contribution in [-0.4, -0.2) is 21.3 Å². The number of rotatable bonds is 2. The van der Waals surface area contributed by atoms with Crippen molar-refractivity contribution < 1.29 is 8.95 Å². The third-order valence-corrected chi connectivity index (χ3v) is 3.18. The summed E-state index contributed by atoms with van der Waals surface area (Å²) in [6, 6.07) is 0. The van der Waals surface area contributed by atoms with Gasteiger partial charge in [-0.25, -0.2) is 4.21 Å². The van der Waals surface area contributed by atoms with Crippen molar-refractivity contribution in [2.75, 3.05) is 0 Å². The van der Waals surface area contributed by atoms with Gasteiger partial charge in [-0.15, -0.1) is 0 Å². The molecule has 1 heterocycles. The molecule has 0 aromatic heterocycles. The van der Waals surface area contributed by atoms with E-state index in [9.17, 15) is 4.21 Å². The van der Waals surface area contributed by atoms with Crippen LogP contribution in [0.1, 0.15) is 33.6 Å². The molecule has 0 spiro atoms. The van der Waals surface area contributed by atoms with Crippen LogP contribution in [-0.2, 0) is 15.7 Å². The van der Waals surface area contributed by atoms with Crippen LogP contribution in [0.4, 0.5) is 0 Å². The van der Waals surface area contributed by atoms with Crippen molar-refractivity contribution in [1.82, 2.24) is 0 Å². The lowest BCUT2D eigenvalue weighted by Crippen LogP contribution is -2.21. The zero-order valence-electron chi connectivity index (χ0n) is 8.90. The standard InChI is InChI=1S/C10H17NO2S/c1-10(2,3)14(12)11-8-9-6-4-5-7-13-9/h5,7-9H,4,6H2,1-3H3/t9-,14-/m0/s1. The van der Waals surface area contributed by atoms with Crippen molar-refractivity contribution in [2.24, 2.45) is 4.40 Å². The molecule has 0 aromatic rings. The van der Waals surface area contributed by atoms with Crippen molar-refractivity contribution >= 4 is 17.2 Å². The SMILES string of the molecule is CC(C)(C)[S@](=O)N=C[C@@H]1CCC=CO1. The fourth-order valence-corrected chi connectivity index (χ4v) is 1.51. The molecular weight excluding hydrogens is 198 g/mol. The van der Waals surface area contributed by atoms with Crippen LogP contribution in [0.2, 0.25) is 0 Å².